The number of hydrogen-bond donors (Lipinski definition) is 0. The number of hydrogen-bond acceptors (Lipinski definition) is 5. The van der Waals surface area contributed by atoms with E-state index < -0.39 is 5.69 Å². The zero-order valence-corrected chi connectivity index (χ0v) is 19.8. The van der Waals surface area contributed by atoms with Crippen molar-refractivity contribution in [3.8, 4) is 0 Å². The summed E-state index contributed by atoms with van der Waals surface area (Å²) in [6.07, 6.45) is 2.18. The van der Waals surface area contributed by atoms with E-state index in [1.54, 1.807) is 7.05 Å². The van der Waals surface area contributed by atoms with Gasteiger partial charge >= 0.3 is 5.69 Å². The summed E-state index contributed by atoms with van der Waals surface area (Å²) in [6.45, 7) is 6.20. The molecular formula is C23H29N5O3S. The van der Waals surface area contributed by atoms with Crippen LogP contribution in [-0.4, -0.2) is 48.3 Å². The Morgan fingerprint density at radius 3 is 2.56 bits per heavy atom. The maximum atomic E-state index is 13.0. The van der Waals surface area contributed by atoms with Crippen molar-refractivity contribution >= 4 is 28.8 Å². The first kappa shape index (κ1) is 22.4. The van der Waals surface area contributed by atoms with Crippen LogP contribution in [0.4, 0.5) is 0 Å². The van der Waals surface area contributed by atoms with Gasteiger partial charge in [0, 0.05) is 27.2 Å². The molecule has 0 spiro atoms. The highest BCUT2D eigenvalue weighted by Gasteiger charge is 2.24. The molecule has 2 aromatic heterocycles. The largest absolute Gasteiger partial charge is 0.342 e. The Labute approximate surface area is 190 Å². The van der Waals surface area contributed by atoms with Crippen LogP contribution in [0, 0.1) is 12.8 Å². The van der Waals surface area contributed by atoms with Gasteiger partial charge in [0.2, 0.25) is 5.91 Å². The number of fused-ring (bicyclic) bond motifs is 1. The van der Waals surface area contributed by atoms with Crippen molar-refractivity contribution in [2.75, 3.05) is 18.8 Å². The highest BCUT2D eigenvalue weighted by Crippen LogP contribution is 2.24. The fraction of sp³-hybridized carbons (Fsp3) is 0.478. The van der Waals surface area contributed by atoms with Gasteiger partial charge < -0.3 is 9.47 Å². The smallest absolute Gasteiger partial charge is 0.332 e. The number of nitrogens with zero attached hydrogens (tertiary/aromatic N) is 5. The standard InChI is InChI=1S/C23H29N5O3S/c1-15-7-9-17(10-8-15)13-28-19-20(25(3)23(31)26(4)21(19)30)24-22(28)32-14-18(29)27-11-5-6-16(2)12-27/h7-10,16H,5-6,11-14H2,1-4H3. The second-order valence-corrected chi connectivity index (χ2v) is 9.66. The molecule has 1 saturated heterocycles. The molecule has 0 bridgehead atoms. The Hall–Kier alpha value is -2.81. The summed E-state index contributed by atoms with van der Waals surface area (Å²) >= 11 is 1.32. The SMILES string of the molecule is Cc1ccc(Cn2c(SCC(=O)N3CCCC(C)C3)nc3c2c(=O)n(C)c(=O)n3C)cc1. The molecule has 0 N–H and O–H groups in total. The first-order valence-corrected chi connectivity index (χ1v) is 11.9. The van der Waals surface area contributed by atoms with Gasteiger partial charge in [-0.15, -0.1) is 0 Å². The number of imidazole rings is 1. The monoisotopic (exact) mass is 455 g/mol. The zero-order valence-electron chi connectivity index (χ0n) is 19.0. The summed E-state index contributed by atoms with van der Waals surface area (Å²) in [5.74, 6) is 0.844. The minimum Gasteiger partial charge on any atom is -0.342 e. The van der Waals surface area contributed by atoms with E-state index in [-0.39, 0.29) is 17.2 Å². The van der Waals surface area contributed by atoms with Crippen LogP contribution >= 0.6 is 11.8 Å². The summed E-state index contributed by atoms with van der Waals surface area (Å²) in [5.41, 5.74) is 2.08. The molecule has 170 valence electrons. The Morgan fingerprint density at radius 1 is 1.16 bits per heavy atom. The first-order chi connectivity index (χ1) is 15.3. The van der Waals surface area contributed by atoms with E-state index in [2.05, 4.69) is 11.9 Å². The van der Waals surface area contributed by atoms with Crippen LogP contribution in [0.25, 0.3) is 11.2 Å². The van der Waals surface area contributed by atoms with E-state index in [4.69, 9.17) is 0 Å². The third kappa shape index (κ3) is 4.26. The highest BCUT2D eigenvalue weighted by atomic mass is 32.2. The summed E-state index contributed by atoms with van der Waals surface area (Å²) in [5, 5.41) is 0.567. The van der Waals surface area contributed by atoms with Crippen LogP contribution in [0.5, 0.6) is 0 Å². The molecule has 3 heterocycles. The average Bonchev–Trinajstić information content (AvgIpc) is 3.14. The molecule has 0 radical (unpaired) electrons. The van der Waals surface area contributed by atoms with Crippen LogP contribution in [0.1, 0.15) is 30.9 Å². The van der Waals surface area contributed by atoms with Crippen molar-refractivity contribution in [3.63, 3.8) is 0 Å². The van der Waals surface area contributed by atoms with E-state index in [1.165, 1.54) is 23.4 Å². The number of piperidine rings is 1. The topological polar surface area (TPSA) is 82.1 Å². The van der Waals surface area contributed by atoms with Gasteiger partial charge in [-0.3, -0.25) is 18.7 Å². The second kappa shape index (κ2) is 8.97. The summed E-state index contributed by atoms with van der Waals surface area (Å²) in [6, 6.07) is 8.08. The second-order valence-electron chi connectivity index (χ2n) is 8.72. The van der Waals surface area contributed by atoms with Crippen molar-refractivity contribution < 1.29 is 4.79 Å². The van der Waals surface area contributed by atoms with Crippen molar-refractivity contribution in [1.29, 1.82) is 0 Å². The Bertz CT molecular complexity index is 1270. The van der Waals surface area contributed by atoms with Crippen molar-refractivity contribution in [2.45, 2.75) is 38.4 Å². The van der Waals surface area contributed by atoms with Gasteiger partial charge in [-0.05, 0) is 31.2 Å². The van der Waals surface area contributed by atoms with Crippen molar-refractivity contribution in [1.82, 2.24) is 23.6 Å². The number of carbonyl (C=O) groups is 1. The highest BCUT2D eigenvalue weighted by molar-refractivity contribution is 7.99. The van der Waals surface area contributed by atoms with Crippen LogP contribution in [0.3, 0.4) is 0 Å². The van der Waals surface area contributed by atoms with E-state index in [0.717, 1.165) is 41.6 Å². The molecule has 9 heteroatoms. The summed E-state index contributed by atoms with van der Waals surface area (Å²) in [7, 11) is 3.09. The van der Waals surface area contributed by atoms with Crippen molar-refractivity contribution in [2.24, 2.45) is 20.0 Å². The molecule has 3 aromatic rings. The third-order valence-corrected chi connectivity index (χ3v) is 7.07. The van der Waals surface area contributed by atoms with Gasteiger partial charge in [0.15, 0.2) is 16.3 Å². The molecule has 1 fully saturated rings. The molecule has 32 heavy (non-hydrogen) atoms. The molecule has 1 amide bonds. The lowest BCUT2D eigenvalue weighted by atomic mass is 10.0. The fourth-order valence-electron chi connectivity index (χ4n) is 4.19. The van der Waals surface area contributed by atoms with Gasteiger partial charge in [0.25, 0.3) is 5.56 Å². The molecule has 1 unspecified atom stereocenters. The van der Waals surface area contributed by atoms with E-state index in [1.807, 2.05) is 40.7 Å². The van der Waals surface area contributed by atoms with Gasteiger partial charge in [-0.2, -0.15) is 0 Å². The maximum absolute atomic E-state index is 13.0. The first-order valence-electron chi connectivity index (χ1n) is 10.9. The predicted octanol–water partition coefficient (Wildman–Crippen LogP) is 2.14. The van der Waals surface area contributed by atoms with Gasteiger partial charge in [-0.1, -0.05) is 48.5 Å². The van der Waals surface area contributed by atoms with E-state index in [0.29, 0.717) is 28.8 Å². The fourth-order valence-corrected chi connectivity index (χ4v) is 5.09. The van der Waals surface area contributed by atoms with Crippen LogP contribution in [-0.2, 0) is 25.4 Å². The number of thioether (sulfide) groups is 1. The maximum Gasteiger partial charge on any atom is 0.332 e. The van der Waals surface area contributed by atoms with Crippen LogP contribution in [0.15, 0.2) is 39.0 Å². The van der Waals surface area contributed by atoms with Crippen molar-refractivity contribution in [3.05, 3.63) is 56.2 Å². The van der Waals surface area contributed by atoms with E-state index >= 15 is 0 Å². The van der Waals surface area contributed by atoms with Gasteiger partial charge in [0.1, 0.15) is 0 Å². The molecular weight excluding hydrogens is 426 g/mol. The number of likely N-dealkylation sites (tertiary alicyclic amines) is 1. The zero-order chi connectivity index (χ0) is 23.0. The third-order valence-electron chi connectivity index (χ3n) is 6.11. The van der Waals surface area contributed by atoms with E-state index in [9.17, 15) is 14.4 Å². The summed E-state index contributed by atoms with van der Waals surface area (Å²) < 4.78 is 4.32. The molecule has 1 atom stereocenters. The summed E-state index contributed by atoms with van der Waals surface area (Å²) in [4.78, 5) is 44.8. The quantitative estimate of drug-likeness (QED) is 0.551. The van der Waals surface area contributed by atoms with Gasteiger partial charge in [-0.25, -0.2) is 9.78 Å². The molecule has 8 nitrogen and oxygen atoms in total. The van der Waals surface area contributed by atoms with Crippen LogP contribution in [0.2, 0.25) is 0 Å². The number of aromatic nitrogens is 4. The Kier molecular flexibility index (Phi) is 6.28. The molecule has 4 rings (SSSR count). The Balaban J connectivity index is 1.72. The number of rotatable bonds is 5. The number of carbonyl (C=O) groups excluding carboxylic acids is 1. The average molecular weight is 456 g/mol. The number of benzene rings is 1. The molecule has 1 aromatic carbocycles. The lowest BCUT2D eigenvalue weighted by Crippen LogP contribution is -2.40. The number of aryl methyl sites for hydroxylation is 2. The van der Waals surface area contributed by atoms with Crippen LogP contribution < -0.4 is 11.2 Å². The molecule has 1 aliphatic heterocycles. The normalized spacial score (nSPS) is 16.6. The molecule has 0 aliphatic carbocycles. The lowest BCUT2D eigenvalue weighted by molar-refractivity contribution is -0.130. The Morgan fingerprint density at radius 2 is 1.88 bits per heavy atom. The minimum atomic E-state index is -0.419. The van der Waals surface area contributed by atoms with Gasteiger partial charge in [0.05, 0.1) is 12.3 Å². The molecule has 1 aliphatic rings. The lowest BCUT2D eigenvalue weighted by Gasteiger charge is -2.30. The molecule has 0 saturated carbocycles. The minimum absolute atomic E-state index is 0.0808. The predicted molar refractivity (Wildman–Crippen MR) is 126 cm³/mol. The number of amides is 1.